The zero-order valence-corrected chi connectivity index (χ0v) is 25.5. The Bertz CT molecular complexity index is 1620. The van der Waals surface area contributed by atoms with Crippen LogP contribution < -0.4 is 10.6 Å². The first-order valence-corrected chi connectivity index (χ1v) is 15.8. The van der Waals surface area contributed by atoms with Crippen molar-refractivity contribution in [3.8, 4) is 0 Å². The van der Waals surface area contributed by atoms with E-state index >= 15 is 0 Å². The number of halogens is 1. The van der Waals surface area contributed by atoms with Crippen LogP contribution in [0.2, 0.25) is 0 Å². The van der Waals surface area contributed by atoms with Crippen molar-refractivity contribution in [2.75, 3.05) is 11.9 Å². The highest BCUT2D eigenvalue weighted by Crippen LogP contribution is 2.40. The van der Waals surface area contributed by atoms with Crippen LogP contribution in [-0.4, -0.2) is 44.4 Å². The number of nitrogens with one attached hydrogen (secondary N) is 2. The Kier molecular flexibility index (Phi) is 9.88. The second kappa shape index (κ2) is 14.0. The number of carbonyl (C=O) groups excluding carboxylic acids is 3. The number of ether oxygens (including phenoxy) is 1. The summed E-state index contributed by atoms with van der Waals surface area (Å²) in [4.78, 5) is 39.8. The van der Waals surface area contributed by atoms with E-state index in [4.69, 9.17) is 4.74 Å². The fraction of sp³-hybridized carbons (Fsp3) is 0.323. The molecule has 2 amide bonds. The maximum Gasteiger partial charge on any atom is 0.341 e. The third kappa shape index (κ3) is 7.14. The number of hydrogen-bond donors (Lipinski definition) is 2. The van der Waals surface area contributed by atoms with Crippen molar-refractivity contribution >= 4 is 45.9 Å². The number of amides is 2. The maximum atomic E-state index is 14.1. The molecule has 4 aromatic rings. The van der Waals surface area contributed by atoms with Gasteiger partial charge in [-0.2, -0.15) is 0 Å². The number of carbonyl (C=O) groups is 3. The highest BCUT2D eigenvalue weighted by Gasteiger charge is 2.30. The summed E-state index contributed by atoms with van der Waals surface area (Å²) in [5, 5.41) is 14.8. The molecule has 1 atom stereocenters. The molecule has 0 saturated heterocycles. The van der Waals surface area contributed by atoms with E-state index < -0.39 is 22.9 Å². The van der Waals surface area contributed by atoms with Crippen molar-refractivity contribution in [2.24, 2.45) is 0 Å². The average molecular weight is 622 g/mol. The fourth-order valence-corrected chi connectivity index (χ4v) is 7.06. The summed E-state index contributed by atoms with van der Waals surface area (Å²) in [6, 6.07) is 15.7. The van der Waals surface area contributed by atoms with Crippen molar-refractivity contribution in [3.63, 3.8) is 0 Å². The Morgan fingerprint density at radius 3 is 2.63 bits per heavy atom. The molecule has 224 valence electrons. The molecule has 0 aliphatic heterocycles. The predicted octanol–water partition coefficient (Wildman–Crippen LogP) is 5.44. The third-order valence-electron chi connectivity index (χ3n) is 7.07. The molecule has 0 fully saturated rings. The minimum Gasteiger partial charge on any atom is -0.462 e. The number of thioether (sulfide) groups is 1. The second-order valence-corrected chi connectivity index (χ2v) is 12.4. The zero-order chi connectivity index (χ0) is 30.3. The molecule has 0 spiro atoms. The van der Waals surface area contributed by atoms with E-state index in [0.29, 0.717) is 34.5 Å². The fourth-order valence-electron chi connectivity index (χ4n) is 4.88. The van der Waals surface area contributed by atoms with Crippen LogP contribution in [0.3, 0.4) is 0 Å². The number of thiophene rings is 1. The van der Waals surface area contributed by atoms with Crippen molar-refractivity contribution < 1.29 is 23.5 Å². The smallest absolute Gasteiger partial charge is 0.341 e. The lowest BCUT2D eigenvalue weighted by Gasteiger charge is -2.15. The third-order valence-corrected chi connectivity index (χ3v) is 9.36. The summed E-state index contributed by atoms with van der Waals surface area (Å²) in [5.41, 5.74) is 2.49. The summed E-state index contributed by atoms with van der Waals surface area (Å²) in [6.07, 6.45) is 3.33. The molecule has 0 saturated carbocycles. The molecule has 9 nitrogen and oxygen atoms in total. The number of nitrogens with zero attached hydrogens (tertiary/aromatic N) is 3. The predicted molar refractivity (Wildman–Crippen MR) is 164 cm³/mol. The molecule has 0 unspecified atom stereocenters. The molecule has 2 aromatic heterocycles. The van der Waals surface area contributed by atoms with Crippen LogP contribution in [0.25, 0.3) is 0 Å². The SMILES string of the molecule is CCOC(=O)c1c(NC(=O)[C@@H](C)Sc2nnc(CNC(=O)c3ccccc3F)n2CCc2ccccc2)sc2c1CCC2. The Morgan fingerprint density at radius 1 is 1.09 bits per heavy atom. The molecule has 5 rings (SSSR count). The van der Waals surface area contributed by atoms with Gasteiger partial charge in [0, 0.05) is 11.4 Å². The lowest BCUT2D eigenvalue weighted by atomic mass is 10.1. The molecular weight excluding hydrogens is 590 g/mol. The van der Waals surface area contributed by atoms with E-state index in [1.165, 1.54) is 41.3 Å². The molecular formula is C31H32FN5O4S2. The van der Waals surface area contributed by atoms with E-state index in [0.717, 1.165) is 35.3 Å². The van der Waals surface area contributed by atoms with E-state index in [9.17, 15) is 18.8 Å². The van der Waals surface area contributed by atoms with Gasteiger partial charge in [-0.3, -0.25) is 9.59 Å². The Balaban J connectivity index is 1.32. The molecule has 1 aliphatic rings. The van der Waals surface area contributed by atoms with Gasteiger partial charge in [-0.25, -0.2) is 9.18 Å². The van der Waals surface area contributed by atoms with Crippen molar-refractivity contribution in [3.05, 3.63) is 93.4 Å². The van der Waals surface area contributed by atoms with E-state index in [1.54, 1.807) is 19.9 Å². The summed E-state index contributed by atoms with van der Waals surface area (Å²) >= 11 is 2.67. The van der Waals surface area contributed by atoms with Crippen LogP contribution in [0.1, 0.15) is 62.8 Å². The topological polar surface area (TPSA) is 115 Å². The van der Waals surface area contributed by atoms with Crippen LogP contribution in [0, 0.1) is 5.82 Å². The number of benzene rings is 2. The highest BCUT2D eigenvalue weighted by molar-refractivity contribution is 8.00. The Morgan fingerprint density at radius 2 is 1.86 bits per heavy atom. The van der Waals surface area contributed by atoms with Gasteiger partial charge in [0.15, 0.2) is 11.0 Å². The number of anilines is 1. The van der Waals surface area contributed by atoms with Gasteiger partial charge in [0.25, 0.3) is 5.91 Å². The van der Waals surface area contributed by atoms with Gasteiger partial charge in [-0.05, 0) is 62.8 Å². The van der Waals surface area contributed by atoms with Crippen molar-refractivity contribution in [1.29, 1.82) is 0 Å². The number of aromatic nitrogens is 3. The monoisotopic (exact) mass is 621 g/mol. The summed E-state index contributed by atoms with van der Waals surface area (Å²) in [5.74, 6) is -1.38. The van der Waals surface area contributed by atoms with E-state index in [2.05, 4.69) is 20.8 Å². The minimum atomic E-state index is -0.608. The molecule has 2 heterocycles. The van der Waals surface area contributed by atoms with Gasteiger partial charge < -0.3 is 19.9 Å². The van der Waals surface area contributed by atoms with Gasteiger partial charge in [0.05, 0.1) is 29.5 Å². The summed E-state index contributed by atoms with van der Waals surface area (Å²) in [7, 11) is 0. The van der Waals surface area contributed by atoms with E-state index in [-0.39, 0.29) is 24.6 Å². The molecule has 1 aliphatic carbocycles. The Labute approximate surface area is 257 Å². The molecule has 2 N–H and O–H groups in total. The standard InChI is InChI=1S/C31H32FN5O4S2/c1-3-41-30(40)26-22-13-9-15-24(22)43-29(26)34-27(38)19(2)42-31-36-35-25(37(31)17-16-20-10-5-4-6-11-20)18-33-28(39)21-12-7-8-14-23(21)32/h4-8,10-12,14,19H,3,9,13,15-18H2,1-2H3,(H,33,39)(H,34,38)/t19-/m1/s1. The average Bonchev–Trinajstić information content (AvgIpc) is 3.70. The normalized spacial score (nSPS) is 12.9. The molecule has 0 bridgehead atoms. The van der Waals surface area contributed by atoms with Crippen LogP contribution in [0.15, 0.2) is 59.8 Å². The first-order chi connectivity index (χ1) is 20.9. The quantitative estimate of drug-likeness (QED) is 0.160. The molecule has 12 heteroatoms. The van der Waals surface area contributed by atoms with E-state index in [1.807, 2.05) is 34.9 Å². The van der Waals surface area contributed by atoms with Crippen LogP contribution >= 0.6 is 23.1 Å². The van der Waals surface area contributed by atoms with Crippen LogP contribution in [-0.2, 0) is 41.9 Å². The maximum absolute atomic E-state index is 14.1. The lowest BCUT2D eigenvalue weighted by molar-refractivity contribution is -0.115. The number of esters is 1. The summed E-state index contributed by atoms with van der Waals surface area (Å²) in [6.45, 7) is 4.31. The van der Waals surface area contributed by atoms with Gasteiger partial charge in [0.2, 0.25) is 5.91 Å². The van der Waals surface area contributed by atoms with Crippen molar-refractivity contribution in [2.45, 2.75) is 63.0 Å². The summed E-state index contributed by atoms with van der Waals surface area (Å²) < 4.78 is 21.3. The largest absolute Gasteiger partial charge is 0.462 e. The molecule has 0 radical (unpaired) electrons. The lowest BCUT2D eigenvalue weighted by Crippen LogP contribution is -2.26. The number of fused-ring (bicyclic) bond motifs is 1. The molecule has 43 heavy (non-hydrogen) atoms. The van der Waals surface area contributed by atoms with Gasteiger partial charge in [0.1, 0.15) is 10.8 Å². The van der Waals surface area contributed by atoms with Gasteiger partial charge in [-0.15, -0.1) is 21.5 Å². The zero-order valence-electron chi connectivity index (χ0n) is 23.9. The van der Waals surface area contributed by atoms with Gasteiger partial charge in [-0.1, -0.05) is 54.2 Å². The highest BCUT2D eigenvalue weighted by atomic mass is 32.2. The minimum absolute atomic E-state index is 0.0275. The first kappa shape index (κ1) is 30.4. The van der Waals surface area contributed by atoms with Gasteiger partial charge >= 0.3 is 5.97 Å². The van der Waals surface area contributed by atoms with Crippen LogP contribution in [0.4, 0.5) is 9.39 Å². The number of rotatable bonds is 12. The van der Waals surface area contributed by atoms with Crippen LogP contribution in [0.5, 0.6) is 0 Å². The number of hydrogen-bond acceptors (Lipinski definition) is 8. The molecule has 2 aromatic carbocycles. The first-order valence-electron chi connectivity index (χ1n) is 14.1. The number of aryl methyl sites for hydroxylation is 2. The van der Waals surface area contributed by atoms with Crippen molar-refractivity contribution in [1.82, 2.24) is 20.1 Å². The second-order valence-electron chi connectivity index (χ2n) is 9.98. The Hall–Kier alpha value is -4.03.